The average Bonchev–Trinajstić information content (AvgIpc) is 3.58. The molecule has 2 fully saturated rings. The third kappa shape index (κ3) is 10.5. The highest BCUT2D eigenvalue weighted by molar-refractivity contribution is 5.94. The highest BCUT2D eigenvalue weighted by atomic mass is 16.7. The van der Waals surface area contributed by atoms with Gasteiger partial charge in [-0.15, -0.1) is 5.10 Å². The Bertz CT molecular complexity index is 2050. The Morgan fingerprint density at radius 3 is 2.51 bits per heavy atom. The standard InChI is InChI=1S/C43H59N9O11/c1-27-32(46-41(56)45-27)7-5-4-6-8-36(53)44-12-15-57-17-19-59-20-18-58-16-14-52-25-29(47-50-52)9-11-43(48-49-43)24-37(54)62-35-21-28-10-13-51(3)42(28,2)38-30-22-33-34(61-26-60-33)23-31(30)40(55)63-39(35)38/h21-23,25,27,32,35,38-39H,4-20,24,26H2,1-3H3,(H,44,53)(H2,45,46,56)/t27-,32+,35?,38-,39-,42-/m1/s1. The van der Waals surface area contributed by atoms with Crippen molar-refractivity contribution in [3.05, 3.63) is 46.8 Å². The average molecular weight is 878 g/mol. The molecule has 6 heterocycles. The monoisotopic (exact) mass is 877 g/mol. The number of likely N-dealkylation sites (tertiary alicyclic amines) is 1. The maximum absolute atomic E-state index is 13.5. The van der Waals surface area contributed by atoms with Gasteiger partial charge in [-0.3, -0.25) is 14.5 Å². The first-order valence-electron chi connectivity index (χ1n) is 22.2. The van der Waals surface area contributed by atoms with Crippen LogP contribution in [0.4, 0.5) is 4.79 Å². The van der Waals surface area contributed by atoms with Gasteiger partial charge in [0.1, 0.15) is 0 Å². The Hall–Kier alpha value is -5.18. The number of hydrogen-bond donors (Lipinski definition) is 3. The van der Waals surface area contributed by atoms with Crippen LogP contribution in [-0.4, -0.2) is 146 Å². The Morgan fingerprint density at radius 1 is 0.984 bits per heavy atom. The summed E-state index contributed by atoms with van der Waals surface area (Å²) in [5, 5.41) is 25.6. The molecule has 1 aromatic carbocycles. The molecule has 1 aliphatic carbocycles. The van der Waals surface area contributed by atoms with Crippen molar-refractivity contribution in [3.8, 4) is 11.5 Å². The van der Waals surface area contributed by atoms with Crippen LogP contribution in [0.15, 0.2) is 40.2 Å². The van der Waals surface area contributed by atoms with Gasteiger partial charge in [0.15, 0.2) is 23.7 Å². The van der Waals surface area contributed by atoms with E-state index in [4.69, 9.17) is 33.2 Å². The molecule has 0 radical (unpaired) electrons. The van der Waals surface area contributed by atoms with Crippen LogP contribution in [0.2, 0.25) is 0 Å². The Kier molecular flexibility index (Phi) is 13.9. The molecule has 1 aromatic heterocycles. The van der Waals surface area contributed by atoms with Crippen LogP contribution in [0.25, 0.3) is 0 Å². The fraction of sp³-hybridized carbons (Fsp3) is 0.674. The molecule has 1 unspecified atom stereocenters. The summed E-state index contributed by atoms with van der Waals surface area (Å²) in [7, 11) is 2.07. The van der Waals surface area contributed by atoms with Gasteiger partial charge in [0.2, 0.25) is 18.4 Å². The quantitative estimate of drug-likeness (QED) is 0.0783. The van der Waals surface area contributed by atoms with Gasteiger partial charge in [-0.25, -0.2) is 14.3 Å². The number of esters is 2. The number of hydrogen-bond acceptors (Lipinski definition) is 16. The molecule has 8 rings (SSSR count). The van der Waals surface area contributed by atoms with Crippen molar-refractivity contribution in [1.82, 2.24) is 35.8 Å². The summed E-state index contributed by atoms with van der Waals surface area (Å²) in [6.45, 7) is 8.55. The smallest absolute Gasteiger partial charge is 0.339 e. The molecule has 342 valence electrons. The van der Waals surface area contributed by atoms with Crippen LogP contribution < -0.4 is 25.4 Å². The molecule has 0 saturated carbocycles. The van der Waals surface area contributed by atoms with Crippen molar-refractivity contribution >= 4 is 23.9 Å². The molecule has 3 N–H and O–H groups in total. The number of urea groups is 1. The number of aromatic nitrogens is 3. The van der Waals surface area contributed by atoms with E-state index < -0.39 is 35.3 Å². The molecular weight excluding hydrogens is 819 g/mol. The second-order valence-corrected chi connectivity index (χ2v) is 17.2. The van der Waals surface area contributed by atoms with Crippen LogP contribution in [-0.2, 0) is 46.2 Å². The number of nitrogens with zero attached hydrogens (tertiary/aromatic N) is 6. The van der Waals surface area contributed by atoms with E-state index in [9.17, 15) is 19.2 Å². The lowest BCUT2D eigenvalue weighted by molar-refractivity contribution is -0.156. The van der Waals surface area contributed by atoms with Crippen molar-refractivity contribution in [3.63, 3.8) is 0 Å². The first-order chi connectivity index (χ1) is 30.5. The summed E-state index contributed by atoms with van der Waals surface area (Å²) < 4.78 is 42.0. The summed E-state index contributed by atoms with van der Waals surface area (Å²) in [4.78, 5) is 52.6. The zero-order valence-corrected chi connectivity index (χ0v) is 36.3. The molecule has 20 nitrogen and oxygen atoms in total. The third-order valence-corrected chi connectivity index (χ3v) is 13.0. The van der Waals surface area contributed by atoms with E-state index in [2.05, 4.69) is 55.4 Å². The lowest BCUT2D eigenvalue weighted by Gasteiger charge is -2.50. The summed E-state index contributed by atoms with van der Waals surface area (Å²) >= 11 is 0. The number of unbranched alkanes of at least 4 members (excludes halogenated alkanes) is 2. The number of nitrogens with one attached hydrogen (secondary N) is 3. The minimum absolute atomic E-state index is 0.0165. The number of ether oxygens (including phenoxy) is 7. The number of rotatable bonds is 24. The van der Waals surface area contributed by atoms with E-state index in [-0.39, 0.29) is 43.2 Å². The SMILES string of the molecule is C[C@H]1NC(=O)N[C@H]1CCCCCC(=O)NCCOCCOCCOCCn1cc(CCC2(CC(=O)OC3C=C4CCN(C)[C@@]4(C)[C@@H]4c5cc6c(cc5C(=O)O[C@H]34)OCO6)N=N2)nn1. The Labute approximate surface area is 366 Å². The third-order valence-electron chi connectivity index (χ3n) is 13.0. The normalized spacial score (nSPS) is 26.0. The Morgan fingerprint density at radius 2 is 1.75 bits per heavy atom. The largest absolute Gasteiger partial charge is 0.454 e. The zero-order chi connectivity index (χ0) is 44.0. The van der Waals surface area contributed by atoms with Gasteiger partial charge in [-0.1, -0.05) is 18.1 Å². The fourth-order valence-electron chi connectivity index (χ4n) is 9.29. The van der Waals surface area contributed by atoms with Crippen LogP contribution in [0, 0.1) is 0 Å². The number of fused-ring (bicyclic) bond motifs is 6. The van der Waals surface area contributed by atoms with Gasteiger partial charge in [0, 0.05) is 49.6 Å². The lowest BCUT2D eigenvalue weighted by Crippen LogP contribution is -2.58. The van der Waals surface area contributed by atoms with Crippen LogP contribution in [0.1, 0.15) is 92.7 Å². The minimum Gasteiger partial charge on any atom is -0.454 e. The second-order valence-electron chi connectivity index (χ2n) is 17.2. The summed E-state index contributed by atoms with van der Waals surface area (Å²) in [6.07, 6.45) is 8.17. The number of amides is 3. The highest BCUT2D eigenvalue weighted by Crippen LogP contribution is 2.55. The molecule has 3 amide bonds. The number of carbonyl (C=O) groups excluding carboxylic acids is 4. The van der Waals surface area contributed by atoms with Crippen molar-refractivity contribution in [1.29, 1.82) is 0 Å². The van der Waals surface area contributed by atoms with E-state index in [1.165, 1.54) is 0 Å². The Balaban J connectivity index is 0.676. The molecular formula is C43H59N9O11. The minimum atomic E-state index is -0.891. The number of likely N-dealkylation sites (N-methyl/N-ethyl adjacent to an activating group) is 1. The fourth-order valence-corrected chi connectivity index (χ4v) is 9.29. The van der Waals surface area contributed by atoms with Crippen molar-refractivity contribution in [2.45, 2.75) is 120 Å². The summed E-state index contributed by atoms with van der Waals surface area (Å²) in [6, 6.07) is 3.77. The highest BCUT2D eigenvalue weighted by Gasteiger charge is 2.58. The molecule has 6 atom stereocenters. The van der Waals surface area contributed by atoms with E-state index in [1.807, 2.05) is 25.3 Å². The van der Waals surface area contributed by atoms with Crippen LogP contribution >= 0.6 is 0 Å². The van der Waals surface area contributed by atoms with E-state index >= 15 is 0 Å². The maximum atomic E-state index is 13.5. The van der Waals surface area contributed by atoms with Gasteiger partial charge < -0.3 is 49.1 Å². The van der Waals surface area contributed by atoms with Gasteiger partial charge in [0.05, 0.1) is 69.9 Å². The van der Waals surface area contributed by atoms with Gasteiger partial charge >= 0.3 is 18.0 Å². The van der Waals surface area contributed by atoms with Crippen LogP contribution in [0.5, 0.6) is 11.5 Å². The van der Waals surface area contributed by atoms with Gasteiger partial charge in [-0.05, 0) is 75.9 Å². The molecule has 0 bridgehead atoms. The van der Waals surface area contributed by atoms with Gasteiger partial charge in [-0.2, -0.15) is 10.2 Å². The summed E-state index contributed by atoms with van der Waals surface area (Å²) in [5.41, 5.74) is 1.79. The predicted molar refractivity (Wildman–Crippen MR) is 222 cm³/mol. The molecule has 20 heteroatoms. The maximum Gasteiger partial charge on any atom is 0.339 e. The van der Waals surface area contributed by atoms with E-state index in [0.29, 0.717) is 89.1 Å². The van der Waals surface area contributed by atoms with E-state index in [1.54, 1.807) is 10.7 Å². The number of carbonyl (C=O) groups is 4. The number of aryl methyl sites for hydroxylation is 1. The molecule has 2 saturated heterocycles. The molecule has 0 spiro atoms. The van der Waals surface area contributed by atoms with Gasteiger partial charge in [0.25, 0.3) is 0 Å². The van der Waals surface area contributed by atoms with Crippen LogP contribution in [0.3, 0.4) is 0 Å². The number of benzene rings is 1. The predicted octanol–water partition coefficient (Wildman–Crippen LogP) is 2.95. The van der Waals surface area contributed by atoms with E-state index in [0.717, 1.165) is 55.5 Å². The molecule has 6 aliphatic rings. The van der Waals surface area contributed by atoms with Crippen molar-refractivity contribution in [2.24, 2.45) is 10.2 Å². The van der Waals surface area contributed by atoms with Crippen molar-refractivity contribution in [2.75, 3.05) is 66.6 Å². The lowest BCUT2D eigenvalue weighted by atomic mass is 9.66. The summed E-state index contributed by atoms with van der Waals surface area (Å²) in [5.74, 6) is -0.141. The first kappa shape index (κ1) is 44.4. The van der Waals surface area contributed by atoms with Crippen molar-refractivity contribution < 1.29 is 52.3 Å². The first-order valence-corrected chi connectivity index (χ1v) is 22.2. The second kappa shape index (κ2) is 19.7. The zero-order valence-electron chi connectivity index (χ0n) is 36.3. The molecule has 2 aromatic rings. The topological polar surface area (TPSA) is 228 Å². The molecule has 63 heavy (non-hydrogen) atoms. The molecule has 5 aliphatic heterocycles.